The summed E-state index contributed by atoms with van der Waals surface area (Å²) in [5.74, 6) is -1.13. The monoisotopic (exact) mass is 361 g/mol. The smallest absolute Gasteiger partial charge is 0.335 e. The first kappa shape index (κ1) is 19.1. The minimum atomic E-state index is -3.79. The number of carboxylic acids is 1. The molecule has 0 bridgehead atoms. The average Bonchev–Trinajstić information content (AvgIpc) is 2.61. The maximum atomic E-state index is 13.2. The van der Waals surface area contributed by atoms with Crippen LogP contribution in [0.2, 0.25) is 0 Å². The number of nitrogens with zero attached hydrogens (tertiary/aromatic N) is 1. The molecule has 1 N–H and O–H groups in total. The van der Waals surface area contributed by atoms with Crippen LogP contribution < -0.4 is 0 Å². The summed E-state index contributed by atoms with van der Waals surface area (Å²) in [7, 11) is -3.79. The normalized spacial score (nSPS) is 11.6. The van der Waals surface area contributed by atoms with Gasteiger partial charge in [-0.2, -0.15) is 4.31 Å². The molecule has 0 heterocycles. The van der Waals surface area contributed by atoms with E-state index in [4.69, 9.17) is 0 Å². The Morgan fingerprint density at radius 2 is 1.76 bits per heavy atom. The van der Waals surface area contributed by atoms with Crippen LogP contribution in [0.25, 0.3) is 0 Å². The fraction of sp³-hybridized carbons (Fsp3) is 0.316. The molecule has 2 aromatic carbocycles. The highest BCUT2D eigenvalue weighted by Crippen LogP contribution is 2.24. The van der Waals surface area contributed by atoms with Gasteiger partial charge in [0, 0.05) is 13.1 Å². The van der Waals surface area contributed by atoms with Crippen LogP contribution in [-0.2, 0) is 23.0 Å². The second-order valence-corrected chi connectivity index (χ2v) is 7.71. The van der Waals surface area contributed by atoms with Crippen molar-refractivity contribution in [1.29, 1.82) is 0 Å². The van der Waals surface area contributed by atoms with Crippen molar-refractivity contribution in [3.05, 3.63) is 65.2 Å². The quantitative estimate of drug-likeness (QED) is 0.780. The van der Waals surface area contributed by atoms with Crippen molar-refractivity contribution in [2.45, 2.75) is 38.1 Å². The van der Waals surface area contributed by atoms with Crippen molar-refractivity contribution in [2.24, 2.45) is 0 Å². The summed E-state index contributed by atoms with van der Waals surface area (Å²) in [6.07, 6.45) is 1.19. The maximum Gasteiger partial charge on any atom is 0.335 e. The van der Waals surface area contributed by atoms with Gasteiger partial charge in [-0.15, -0.1) is 0 Å². The van der Waals surface area contributed by atoms with Crippen LogP contribution in [0, 0.1) is 0 Å². The van der Waals surface area contributed by atoms with Gasteiger partial charge in [0.05, 0.1) is 10.5 Å². The van der Waals surface area contributed by atoms with E-state index in [9.17, 15) is 18.3 Å². The summed E-state index contributed by atoms with van der Waals surface area (Å²) in [4.78, 5) is 11.3. The summed E-state index contributed by atoms with van der Waals surface area (Å²) >= 11 is 0. The van der Waals surface area contributed by atoms with Crippen LogP contribution in [0.4, 0.5) is 0 Å². The molecular weight excluding hydrogens is 338 g/mol. The van der Waals surface area contributed by atoms with Gasteiger partial charge in [0.25, 0.3) is 0 Å². The van der Waals surface area contributed by atoms with Crippen LogP contribution in [0.1, 0.15) is 41.8 Å². The molecule has 0 radical (unpaired) electrons. The first-order chi connectivity index (χ1) is 11.9. The molecule has 0 aliphatic rings. The number of hydrogen-bond acceptors (Lipinski definition) is 3. The van der Waals surface area contributed by atoms with E-state index in [1.54, 1.807) is 6.07 Å². The summed E-state index contributed by atoms with van der Waals surface area (Å²) in [6.45, 7) is 4.41. The maximum absolute atomic E-state index is 13.2. The number of carboxylic acid groups (broad SMARTS) is 1. The average molecular weight is 361 g/mol. The van der Waals surface area contributed by atoms with Gasteiger partial charge in [0.15, 0.2) is 0 Å². The summed E-state index contributed by atoms with van der Waals surface area (Å²) in [6, 6.07) is 13.7. The van der Waals surface area contributed by atoms with Crippen molar-refractivity contribution < 1.29 is 18.3 Å². The predicted molar refractivity (Wildman–Crippen MR) is 97.1 cm³/mol. The zero-order valence-electron chi connectivity index (χ0n) is 14.5. The Labute approximate surface area is 149 Å². The van der Waals surface area contributed by atoms with Gasteiger partial charge in [-0.1, -0.05) is 50.2 Å². The molecule has 0 amide bonds. The SMILES string of the molecule is CCCN(Cc1ccccc1)S(=O)(=O)c1cc(C(=O)O)ccc1CC. The third-order valence-electron chi connectivity index (χ3n) is 3.99. The van der Waals surface area contributed by atoms with Crippen molar-refractivity contribution in [1.82, 2.24) is 4.31 Å². The number of aryl methyl sites for hydroxylation is 1. The molecule has 0 fully saturated rings. The van der Waals surface area contributed by atoms with Crippen LogP contribution in [0.5, 0.6) is 0 Å². The third-order valence-corrected chi connectivity index (χ3v) is 5.91. The first-order valence-corrected chi connectivity index (χ1v) is 9.74. The summed E-state index contributed by atoms with van der Waals surface area (Å²) < 4.78 is 27.8. The molecule has 0 aromatic heterocycles. The van der Waals surface area contributed by atoms with E-state index >= 15 is 0 Å². The van der Waals surface area contributed by atoms with E-state index in [1.165, 1.54) is 16.4 Å². The molecule has 0 atom stereocenters. The molecule has 5 nitrogen and oxygen atoms in total. The summed E-state index contributed by atoms with van der Waals surface area (Å²) in [5, 5.41) is 9.21. The molecule has 0 saturated heterocycles. The molecule has 134 valence electrons. The second-order valence-electron chi connectivity index (χ2n) is 5.81. The molecule has 0 aliphatic heterocycles. The fourth-order valence-corrected chi connectivity index (χ4v) is 4.52. The number of aromatic carboxylic acids is 1. The highest BCUT2D eigenvalue weighted by atomic mass is 32.2. The molecular formula is C19H23NO4S. The van der Waals surface area contributed by atoms with E-state index in [2.05, 4.69) is 0 Å². The van der Waals surface area contributed by atoms with Crippen LogP contribution in [0.15, 0.2) is 53.4 Å². The fourth-order valence-electron chi connectivity index (χ4n) is 2.68. The van der Waals surface area contributed by atoms with Crippen molar-refractivity contribution in [3.63, 3.8) is 0 Å². The zero-order valence-corrected chi connectivity index (χ0v) is 15.3. The Morgan fingerprint density at radius 1 is 1.08 bits per heavy atom. The lowest BCUT2D eigenvalue weighted by molar-refractivity contribution is 0.0696. The van der Waals surface area contributed by atoms with Crippen LogP contribution in [-0.4, -0.2) is 30.3 Å². The van der Waals surface area contributed by atoms with Gasteiger partial charge in [-0.25, -0.2) is 13.2 Å². The lowest BCUT2D eigenvalue weighted by Crippen LogP contribution is -2.32. The van der Waals surface area contributed by atoms with Gasteiger partial charge in [-0.3, -0.25) is 0 Å². The van der Waals surface area contributed by atoms with Crippen molar-refractivity contribution in [2.75, 3.05) is 6.54 Å². The molecule has 0 spiro atoms. The van der Waals surface area contributed by atoms with Gasteiger partial charge < -0.3 is 5.11 Å². The highest BCUT2D eigenvalue weighted by molar-refractivity contribution is 7.89. The Hall–Kier alpha value is -2.18. The number of hydrogen-bond donors (Lipinski definition) is 1. The van der Waals surface area contributed by atoms with Crippen molar-refractivity contribution >= 4 is 16.0 Å². The molecule has 0 unspecified atom stereocenters. The van der Waals surface area contributed by atoms with E-state index in [1.807, 2.05) is 44.2 Å². The number of carbonyl (C=O) groups is 1. The molecule has 0 saturated carbocycles. The van der Waals surface area contributed by atoms with Gasteiger partial charge in [-0.05, 0) is 36.1 Å². The topological polar surface area (TPSA) is 74.7 Å². The van der Waals surface area contributed by atoms with E-state index < -0.39 is 16.0 Å². The van der Waals surface area contributed by atoms with Gasteiger partial charge in [0.1, 0.15) is 0 Å². The van der Waals surface area contributed by atoms with E-state index in [-0.39, 0.29) is 17.0 Å². The highest BCUT2D eigenvalue weighted by Gasteiger charge is 2.27. The Morgan fingerprint density at radius 3 is 2.32 bits per heavy atom. The van der Waals surface area contributed by atoms with E-state index in [0.717, 1.165) is 5.56 Å². The number of benzene rings is 2. The number of rotatable bonds is 8. The van der Waals surface area contributed by atoms with Gasteiger partial charge >= 0.3 is 5.97 Å². The van der Waals surface area contributed by atoms with Crippen LogP contribution in [0.3, 0.4) is 0 Å². The molecule has 25 heavy (non-hydrogen) atoms. The second kappa shape index (κ2) is 8.27. The minimum absolute atomic E-state index is 0.0214. The molecule has 6 heteroatoms. The molecule has 0 aliphatic carbocycles. The lowest BCUT2D eigenvalue weighted by atomic mass is 10.1. The third kappa shape index (κ3) is 4.46. The largest absolute Gasteiger partial charge is 0.478 e. The standard InChI is InChI=1S/C19H23NO4S/c1-3-12-20(14-15-8-6-5-7-9-15)25(23,24)18-13-17(19(21)22)11-10-16(18)4-2/h5-11,13H,3-4,12,14H2,1-2H3,(H,21,22). The Bertz CT molecular complexity index is 832. The summed E-state index contributed by atoms with van der Waals surface area (Å²) in [5.41, 5.74) is 1.50. The van der Waals surface area contributed by atoms with E-state index in [0.29, 0.717) is 24.9 Å². The Balaban J connectivity index is 2.49. The molecule has 2 rings (SSSR count). The van der Waals surface area contributed by atoms with Gasteiger partial charge in [0.2, 0.25) is 10.0 Å². The minimum Gasteiger partial charge on any atom is -0.478 e. The molecule has 2 aromatic rings. The zero-order chi connectivity index (χ0) is 18.4. The predicted octanol–water partition coefficient (Wildman–Crippen LogP) is 3.55. The number of sulfonamides is 1. The lowest BCUT2D eigenvalue weighted by Gasteiger charge is -2.23. The Kier molecular flexibility index (Phi) is 6.33. The first-order valence-electron chi connectivity index (χ1n) is 8.30. The van der Waals surface area contributed by atoms with Crippen LogP contribution >= 0.6 is 0 Å². The van der Waals surface area contributed by atoms with Crippen molar-refractivity contribution in [3.8, 4) is 0 Å².